The van der Waals surface area contributed by atoms with Gasteiger partial charge in [0.25, 0.3) is 11.8 Å². The zero-order valence-corrected chi connectivity index (χ0v) is 22.7. The van der Waals surface area contributed by atoms with Crippen LogP contribution in [0.15, 0.2) is 84.4 Å². The minimum Gasteiger partial charge on any atom is -0.505 e. The number of carbonyl (C=O) groups is 4. The summed E-state index contributed by atoms with van der Waals surface area (Å²) in [5, 5.41) is 21.8. The highest BCUT2D eigenvalue weighted by Crippen LogP contribution is 2.65. The summed E-state index contributed by atoms with van der Waals surface area (Å²) in [6.45, 7) is 0. The van der Waals surface area contributed by atoms with Crippen molar-refractivity contribution in [2.75, 3.05) is 4.90 Å². The molecule has 3 fully saturated rings. The minimum atomic E-state index is -1.63. The summed E-state index contributed by atoms with van der Waals surface area (Å²) in [5.41, 5.74) is -0.252. The number of halogens is 2. The van der Waals surface area contributed by atoms with Crippen LogP contribution in [0.5, 0.6) is 5.75 Å². The summed E-state index contributed by atoms with van der Waals surface area (Å²) in [5.74, 6) is -8.85. The van der Waals surface area contributed by atoms with E-state index in [0.29, 0.717) is 16.2 Å². The van der Waals surface area contributed by atoms with E-state index in [1.54, 1.807) is 54.6 Å². The van der Waals surface area contributed by atoms with Crippen molar-refractivity contribution in [3.8, 4) is 5.75 Å². The number of amides is 4. The number of rotatable bonds is 3. The highest BCUT2D eigenvalue weighted by molar-refractivity contribution is 6.32. The molecule has 10 heteroatoms. The summed E-state index contributed by atoms with van der Waals surface area (Å²) in [6.07, 6.45) is 1.87. The molecule has 0 unspecified atom stereocenters. The summed E-state index contributed by atoms with van der Waals surface area (Å²) in [4.78, 5) is 56.4. The van der Waals surface area contributed by atoms with Gasteiger partial charge >= 0.3 is 0 Å². The van der Waals surface area contributed by atoms with Crippen LogP contribution in [0.4, 0.5) is 10.1 Å². The van der Waals surface area contributed by atoms with E-state index in [1.807, 2.05) is 0 Å². The number of phenols is 1. The molecule has 0 spiro atoms. The molecule has 0 radical (unpaired) electrons. The molecule has 212 valence electrons. The average molecular weight is 587 g/mol. The minimum absolute atomic E-state index is 0.0168. The second-order valence-electron chi connectivity index (χ2n) is 11.3. The van der Waals surface area contributed by atoms with E-state index < -0.39 is 70.2 Å². The third-order valence-electron chi connectivity index (χ3n) is 9.47. The third kappa shape index (κ3) is 3.38. The molecule has 0 aromatic heterocycles. The van der Waals surface area contributed by atoms with Crippen molar-refractivity contribution < 1.29 is 33.9 Å². The SMILES string of the molecule is O=C1[C@H]2[C@H](CC=C3[C@H]2C[C@H]2C(=O)N(c4cccc(Cl)c4)C(=O)[C@@]2(c2ccccc2)[C@H]3c2cccc(F)c2O)C(=O)N1O. The number of anilines is 1. The molecular weight excluding hydrogens is 563 g/mol. The van der Waals surface area contributed by atoms with Gasteiger partial charge < -0.3 is 5.11 Å². The fraction of sp³-hybridized carbons (Fsp3) is 0.250. The lowest BCUT2D eigenvalue weighted by Crippen LogP contribution is -2.53. The molecule has 2 saturated heterocycles. The smallest absolute Gasteiger partial charge is 0.257 e. The number of para-hydroxylation sites is 1. The van der Waals surface area contributed by atoms with Crippen molar-refractivity contribution in [2.45, 2.75) is 24.2 Å². The average Bonchev–Trinajstić information content (AvgIpc) is 3.35. The van der Waals surface area contributed by atoms with Crippen molar-refractivity contribution in [1.82, 2.24) is 5.06 Å². The van der Waals surface area contributed by atoms with E-state index in [0.717, 1.165) is 11.0 Å². The molecular formula is C32H24ClFN2O6. The Morgan fingerprint density at radius 2 is 1.62 bits per heavy atom. The normalized spacial score (nSPS) is 30.3. The predicted octanol–water partition coefficient (Wildman–Crippen LogP) is 4.74. The molecule has 3 aromatic rings. The highest BCUT2D eigenvalue weighted by atomic mass is 35.5. The summed E-state index contributed by atoms with van der Waals surface area (Å²) in [7, 11) is 0. The first-order valence-corrected chi connectivity index (χ1v) is 14.0. The van der Waals surface area contributed by atoms with Gasteiger partial charge in [0.05, 0.1) is 28.9 Å². The van der Waals surface area contributed by atoms with Gasteiger partial charge in [-0.25, -0.2) is 9.29 Å². The molecule has 2 aliphatic heterocycles. The topological polar surface area (TPSA) is 115 Å². The second-order valence-corrected chi connectivity index (χ2v) is 11.7. The van der Waals surface area contributed by atoms with Gasteiger partial charge in [0, 0.05) is 16.5 Å². The maximum absolute atomic E-state index is 15.0. The number of fused-ring (bicyclic) bond motifs is 4. The van der Waals surface area contributed by atoms with E-state index in [1.165, 1.54) is 18.2 Å². The number of hydroxylamine groups is 2. The number of phenolic OH excluding ortho intramolecular Hbond substituents is 1. The standard InChI is InChI=1S/C32H24ClFN2O6/c33-17-8-4-9-18(14-17)35-29(39)23-15-22-19(12-13-20-25(22)30(40)36(42)28(20)38)26(21-10-5-11-24(34)27(21)37)32(23,31(35)41)16-6-2-1-3-7-16/h1-12,14,20,22-23,25-26,37,42H,13,15H2/t20-,22+,23-,25-,26+,32+/m0/s1. The van der Waals surface area contributed by atoms with Crippen molar-refractivity contribution in [1.29, 1.82) is 0 Å². The lowest BCUT2D eigenvalue weighted by molar-refractivity contribution is -0.173. The van der Waals surface area contributed by atoms with Gasteiger partial charge in [0.2, 0.25) is 11.8 Å². The van der Waals surface area contributed by atoms with Gasteiger partial charge in [-0.05, 0) is 48.6 Å². The monoisotopic (exact) mass is 586 g/mol. The van der Waals surface area contributed by atoms with Crippen molar-refractivity contribution >= 4 is 40.9 Å². The van der Waals surface area contributed by atoms with E-state index in [4.69, 9.17) is 11.6 Å². The quantitative estimate of drug-likeness (QED) is 0.260. The van der Waals surface area contributed by atoms with E-state index in [2.05, 4.69) is 0 Å². The lowest BCUT2D eigenvalue weighted by Gasteiger charge is -2.50. The number of benzene rings is 3. The molecule has 2 N–H and O–H groups in total. The third-order valence-corrected chi connectivity index (χ3v) is 9.71. The first-order valence-electron chi connectivity index (χ1n) is 13.6. The molecule has 8 nitrogen and oxygen atoms in total. The largest absolute Gasteiger partial charge is 0.505 e. The Balaban J connectivity index is 1.54. The van der Waals surface area contributed by atoms with Crippen molar-refractivity contribution in [2.24, 2.45) is 23.7 Å². The Labute approximate surface area is 244 Å². The Bertz CT molecular complexity index is 1730. The van der Waals surface area contributed by atoms with E-state index >= 15 is 0 Å². The summed E-state index contributed by atoms with van der Waals surface area (Å²) < 4.78 is 15.0. The van der Waals surface area contributed by atoms with Crippen molar-refractivity contribution in [3.05, 3.63) is 106 Å². The molecule has 4 amide bonds. The molecule has 7 rings (SSSR count). The molecule has 4 aliphatic rings. The molecule has 6 atom stereocenters. The number of imide groups is 2. The van der Waals surface area contributed by atoms with Gasteiger partial charge in [-0.1, -0.05) is 71.8 Å². The van der Waals surface area contributed by atoms with Crippen LogP contribution in [-0.2, 0) is 24.6 Å². The van der Waals surface area contributed by atoms with E-state index in [9.17, 15) is 33.9 Å². The fourth-order valence-corrected chi connectivity index (χ4v) is 8.02. The number of allylic oxidation sites excluding steroid dienone is 2. The number of hydrogen-bond acceptors (Lipinski definition) is 6. The Kier molecular flexibility index (Phi) is 5.90. The fourth-order valence-electron chi connectivity index (χ4n) is 7.84. The first kappa shape index (κ1) is 26.6. The van der Waals surface area contributed by atoms with Gasteiger partial charge in [0.1, 0.15) is 0 Å². The Hall–Kier alpha value is -4.34. The second kappa shape index (κ2) is 9.34. The zero-order chi connectivity index (χ0) is 29.5. The number of carbonyl (C=O) groups excluding carboxylic acids is 4. The van der Waals surface area contributed by atoms with Crippen LogP contribution >= 0.6 is 11.6 Å². The van der Waals surface area contributed by atoms with Gasteiger partial charge in [-0.2, -0.15) is 5.06 Å². The Morgan fingerprint density at radius 3 is 2.36 bits per heavy atom. The van der Waals surface area contributed by atoms with Gasteiger partial charge in [-0.3, -0.25) is 24.4 Å². The van der Waals surface area contributed by atoms with E-state index in [-0.39, 0.29) is 29.2 Å². The van der Waals surface area contributed by atoms with Crippen LogP contribution in [-0.4, -0.2) is 39.0 Å². The number of nitrogens with zero attached hydrogens (tertiary/aromatic N) is 2. The van der Waals surface area contributed by atoms with Crippen molar-refractivity contribution in [3.63, 3.8) is 0 Å². The van der Waals surface area contributed by atoms with Crippen LogP contribution in [0.3, 0.4) is 0 Å². The van der Waals surface area contributed by atoms with Crippen LogP contribution in [0.2, 0.25) is 5.02 Å². The molecule has 0 bridgehead atoms. The lowest BCUT2D eigenvalue weighted by atomic mass is 9.49. The predicted molar refractivity (Wildman–Crippen MR) is 148 cm³/mol. The molecule has 3 aromatic carbocycles. The molecule has 2 aliphatic carbocycles. The molecule has 42 heavy (non-hydrogen) atoms. The van der Waals surface area contributed by atoms with Gasteiger partial charge in [-0.15, -0.1) is 0 Å². The summed E-state index contributed by atoms with van der Waals surface area (Å²) in [6, 6.07) is 19.1. The molecule has 1 saturated carbocycles. The molecule has 2 heterocycles. The van der Waals surface area contributed by atoms with Crippen LogP contribution in [0, 0.1) is 29.5 Å². The highest BCUT2D eigenvalue weighted by Gasteiger charge is 2.70. The number of aromatic hydroxyl groups is 1. The van der Waals surface area contributed by atoms with Crippen LogP contribution in [0.1, 0.15) is 29.9 Å². The first-order chi connectivity index (χ1) is 20.2. The van der Waals surface area contributed by atoms with Gasteiger partial charge in [0.15, 0.2) is 11.6 Å². The number of hydrogen-bond donors (Lipinski definition) is 2. The van der Waals surface area contributed by atoms with Crippen LogP contribution < -0.4 is 4.90 Å². The maximum atomic E-state index is 15.0. The Morgan fingerprint density at radius 1 is 0.881 bits per heavy atom. The van der Waals surface area contributed by atoms with Crippen LogP contribution in [0.25, 0.3) is 0 Å². The summed E-state index contributed by atoms with van der Waals surface area (Å²) >= 11 is 6.26. The maximum Gasteiger partial charge on any atom is 0.257 e. The zero-order valence-electron chi connectivity index (χ0n) is 22.0.